The average molecular weight is 332 g/mol. The molecule has 0 heterocycles. The molecule has 126 valence electrons. The number of carbonyl (C=O) groups is 2. The minimum atomic E-state index is -0.918. The van der Waals surface area contributed by atoms with Crippen molar-refractivity contribution in [1.82, 2.24) is 10.6 Å². The van der Waals surface area contributed by atoms with Crippen molar-refractivity contribution in [3.63, 3.8) is 0 Å². The molecule has 0 unspecified atom stereocenters. The first-order valence-electron chi connectivity index (χ1n) is 7.51. The van der Waals surface area contributed by atoms with Gasteiger partial charge in [0.15, 0.2) is 11.6 Å². The van der Waals surface area contributed by atoms with Crippen LogP contribution in [-0.2, 0) is 17.8 Å². The van der Waals surface area contributed by atoms with Gasteiger partial charge in [-0.25, -0.2) is 8.78 Å². The van der Waals surface area contributed by atoms with Gasteiger partial charge in [0.05, 0.1) is 0 Å². The van der Waals surface area contributed by atoms with Gasteiger partial charge in [0.2, 0.25) is 5.91 Å². The maximum atomic E-state index is 13.1. The summed E-state index contributed by atoms with van der Waals surface area (Å²) in [5, 5.41) is 5.28. The van der Waals surface area contributed by atoms with Crippen LogP contribution in [0.5, 0.6) is 0 Å². The molecule has 4 nitrogen and oxygen atoms in total. The van der Waals surface area contributed by atoms with Crippen molar-refractivity contribution >= 4 is 11.8 Å². The minimum absolute atomic E-state index is 0.167. The van der Waals surface area contributed by atoms with Crippen LogP contribution >= 0.6 is 0 Å². The molecular formula is C18H18F2N2O2. The normalized spacial score (nSPS) is 10.3. The SMILES string of the molecule is CNC(=O)c1cccc(CNC(=O)CCc2ccc(F)c(F)c2)c1. The van der Waals surface area contributed by atoms with Crippen molar-refractivity contribution in [2.24, 2.45) is 0 Å². The van der Waals surface area contributed by atoms with Crippen LogP contribution in [-0.4, -0.2) is 18.9 Å². The molecule has 0 fully saturated rings. The highest BCUT2D eigenvalue weighted by Gasteiger charge is 2.07. The Hall–Kier alpha value is -2.76. The number of amides is 2. The van der Waals surface area contributed by atoms with E-state index in [2.05, 4.69) is 10.6 Å². The second-order valence-electron chi connectivity index (χ2n) is 5.30. The van der Waals surface area contributed by atoms with E-state index in [0.717, 1.165) is 17.7 Å². The Balaban J connectivity index is 1.84. The fourth-order valence-corrected chi connectivity index (χ4v) is 2.21. The van der Waals surface area contributed by atoms with Crippen LogP contribution in [0.2, 0.25) is 0 Å². The summed E-state index contributed by atoms with van der Waals surface area (Å²) in [7, 11) is 1.55. The highest BCUT2D eigenvalue weighted by Crippen LogP contribution is 2.10. The first-order valence-corrected chi connectivity index (χ1v) is 7.51. The Morgan fingerprint density at radius 3 is 2.50 bits per heavy atom. The molecule has 2 amide bonds. The van der Waals surface area contributed by atoms with Crippen molar-refractivity contribution in [2.45, 2.75) is 19.4 Å². The van der Waals surface area contributed by atoms with Gasteiger partial charge in [0, 0.05) is 25.6 Å². The highest BCUT2D eigenvalue weighted by molar-refractivity contribution is 5.94. The molecule has 0 aliphatic carbocycles. The molecule has 0 saturated carbocycles. The van der Waals surface area contributed by atoms with Gasteiger partial charge in [-0.3, -0.25) is 9.59 Å². The summed E-state index contributed by atoms with van der Waals surface area (Å²) in [5.74, 6) is -2.22. The molecule has 0 bridgehead atoms. The predicted molar refractivity (Wildman–Crippen MR) is 86.4 cm³/mol. The number of hydrogen-bond acceptors (Lipinski definition) is 2. The maximum Gasteiger partial charge on any atom is 0.251 e. The molecule has 0 radical (unpaired) electrons. The van der Waals surface area contributed by atoms with E-state index in [9.17, 15) is 18.4 Å². The molecule has 0 aliphatic heterocycles. The Bertz CT molecular complexity index is 748. The van der Waals surface area contributed by atoms with Crippen molar-refractivity contribution in [1.29, 1.82) is 0 Å². The summed E-state index contributed by atoms with van der Waals surface area (Å²) in [6.45, 7) is 0.293. The van der Waals surface area contributed by atoms with E-state index in [-0.39, 0.29) is 18.2 Å². The van der Waals surface area contributed by atoms with E-state index in [1.807, 2.05) is 6.07 Å². The number of carbonyl (C=O) groups excluding carboxylic acids is 2. The van der Waals surface area contributed by atoms with Gasteiger partial charge < -0.3 is 10.6 Å². The summed E-state index contributed by atoms with van der Waals surface area (Å²) in [5.41, 5.74) is 1.88. The van der Waals surface area contributed by atoms with Crippen LogP contribution in [0.15, 0.2) is 42.5 Å². The zero-order valence-electron chi connectivity index (χ0n) is 13.2. The van der Waals surface area contributed by atoms with Gasteiger partial charge in [-0.05, 0) is 41.8 Å². The van der Waals surface area contributed by atoms with E-state index >= 15 is 0 Å². The van der Waals surface area contributed by atoms with Crippen LogP contribution < -0.4 is 10.6 Å². The smallest absolute Gasteiger partial charge is 0.251 e. The average Bonchev–Trinajstić information content (AvgIpc) is 2.60. The second-order valence-corrected chi connectivity index (χ2v) is 5.30. The lowest BCUT2D eigenvalue weighted by Crippen LogP contribution is -2.23. The van der Waals surface area contributed by atoms with Gasteiger partial charge in [0.1, 0.15) is 0 Å². The van der Waals surface area contributed by atoms with E-state index in [1.165, 1.54) is 6.07 Å². The predicted octanol–water partition coefficient (Wildman–Crippen LogP) is 2.57. The van der Waals surface area contributed by atoms with Crippen LogP contribution in [0.25, 0.3) is 0 Å². The van der Waals surface area contributed by atoms with E-state index < -0.39 is 11.6 Å². The number of aryl methyl sites for hydroxylation is 1. The first kappa shape index (κ1) is 17.6. The third-order valence-corrected chi connectivity index (χ3v) is 3.53. The molecular weight excluding hydrogens is 314 g/mol. The van der Waals surface area contributed by atoms with E-state index in [0.29, 0.717) is 24.1 Å². The van der Waals surface area contributed by atoms with E-state index in [4.69, 9.17) is 0 Å². The monoisotopic (exact) mass is 332 g/mol. The lowest BCUT2D eigenvalue weighted by Gasteiger charge is -2.07. The Morgan fingerprint density at radius 2 is 1.79 bits per heavy atom. The molecule has 0 spiro atoms. The van der Waals surface area contributed by atoms with E-state index in [1.54, 1.807) is 25.2 Å². The maximum absolute atomic E-state index is 13.1. The van der Waals surface area contributed by atoms with Gasteiger partial charge >= 0.3 is 0 Å². The Kier molecular flexibility index (Phi) is 6.01. The molecule has 0 atom stereocenters. The Morgan fingerprint density at radius 1 is 1.00 bits per heavy atom. The topological polar surface area (TPSA) is 58.2 Å². The lowest BCUT2D eigenvalue weighted by molar-refractivity contribution is -0.121. The summed E-state index contributed by atoms with van der Waals surface area (Å²) >= 11 is 0. The number of halogens is 2. The molecule has 24 heavy (non-hydrogen) atoms. The lowest BCUT2D eigenvalue weighted by atomic mass is 10.1. The van der Waals surface area contributed by atoms with Crippen LogP contribution in [0.3, 0.4) is 0 Å². The van der Waals surface area contributed by atoms with Crippen molar-refractivity contribution in [3.8, 4) is 0 Å². The summed E-state index contributed by atoms with van der Waals surface area (Å²) in [4.78, 5) is 23.4. The quantitative estimate of drug-likeness (QED) is 0.854. The van der Waals surface area contributed by atoms with Gasteiger partial charge in [0.25, 0.3) is 5.91 Å². The van der Waals surface area contributed by atoms with Crippen LogP contribution in [0, 0.1) is 11.6 Å². The highest BCUT2D eigenvalue weighted by atomic mass is 19.2. The number of benzene rings is 2. The van der Waals surface area contributed by atoms with Crippen LogP contribution in [0.1, 0.15) is 27.9 Å². The molecule has 2 aromatic rings. The summed E-state index contributed by atoms with van der Waals surface area (Å²) in [6, 6.07) is 10.5. The molecule has 0 aliphatic rings. The third-order valence-electron chi connectivity index (χ3n) is 3.53. The molecule has 2 rings (SSSR count). The first-order chi connectivity index (χ1) is 11.5. The molecule has 6 heteroatoms. The van der Waals surface area contributed by atoms with Gasteiger partial charge in [-0.1, -0.05) is 18.2 Å². The third kappa shape index (κ3) is 4.87. The Labute approximate surface area is 138 Å². The number of rotatable bonds is 6. The number of hydrogen-bond donors (Lipinski definition) is 2. The summed E-state index contributed by atoms with van der Waals surface area (Å²) in [6.07, 6.45) is 0.488. The summed E-state index contributed by atoms with van der Waals surface area (Å²) < 4.78 is 25.9. The largest absolute Gasteiger partial charge is 0.355 e. The van der Waals surface area contributed by atoms with Crippen molar-refractivity contribution < 1.29 is 18.4 Å². The molecule has 2 aromatic carbocycles. The van der Waals surface area contributed by atoms with Crippen LogP contribution in [0.4, 0.5) is 8.78 Å². The molecule has 0 aromatic heterocycles. The standard InChI is InChI=1S/C18H18F2N2O2/c1-21-18(24)14-4-2-3-13(9-14)11-22-17(23)8-6-12-5-7-15(19)16(20)10-12/h2-5,7,9-10H,6,8,11H2,1H3,(H,21,24)(H,22,23). The second kappa shape index (κ2) is 8.19. The minimum Gasteiger partial charge on any atom is -0.355 e. The fraction of sp³-hybridized carbons (Fsp3) is 0.222. The van der Waals surface area contributed by atoms with Crippen molar-refractivity contribution in [3.05, 3.63) is 70.8 Å². The molecule has 0 saturated heterocycles. The zero-order chi connectivity index (χ0) is 17.5. The molecule has 2 N–H and O–H groups in total. The zero-order valence-corrected chi connectivity index (χ0v) is 13.2. The van der Waals surface area contributed by atoms with Crippen molar-refractivity contribution in [2.75, 3.05) is 7.05 Å². The number of nitrogens with one attached hydrogen (secondary N) is 2. The fourth-order valence-electron chi connectivity index (χ4n) is 2.21. The van der Waals surface area contributed by atoms with Gasteiger partial charge in [-0.2, -0.15) is 0 Å². The van der Waals surface area contributed by atoms with Gasteiger partial charge in [-0.15, -0.1) is 0 Å².